The average Bonchev–Trinajstić information content (AvgIpc) is 2.60. The van der Waals surface area contributed by atoms with Crippen molar-refractivity contribution in [1.82, 2.24) is 0 Å². The third-order valence-corrected chi connectivity index (χ3v) is 3.64. The van der Waals surface area contributed by atoms with Crippen molar-refractivity contribution < 1.29 is 9.84 Å². The maximum absolute atomic E-state index is 10.6. The molecule has 2 aliphatic rings. The van der Waals surface area contributed by atoms with Crippen molar-refractivity contribution in [1.29, 1.82) is 0 Å². The topological polar surface area (TPSA) is 29.5 Å². The van der Waals surface area contributed by atoms with Crippen molar-refractivity contribution in [3.05, 3.63) is 35.9 Å². The van der Waals surface area contributed by atoms with Gasteiger partial charge in [-0.25, -0.2) is 0 Å². The van der Waals surface area contributed by atoms with Crippen LogP contribution in [0.5, 0.6) is 0 Å². The summed E-state index contributed by atoms with van der Waals surface area (Å²) in [5.74, 6) is 0. The molecule has 0 radical (unpaired) electrons. The fraction of sp³-hybridized carbons (Fsp3) is 0.538. The molecular weight excluding hydrogens is 188 g/mol. The lowest BCUT2D eigenvalue weighted by atomic mass is 9.83. The average molecular weight is 204 g/mol. The molecule has 2 atom stereocenters. The zero-order valence-electron chi connectivity index (χ0n) is 8.73. The molecule has 0 amide bonds. The molecule has 0 spiro atoms. The van der Waals surface area contributed by atoms with Gasteiger partial charge in [-0.3, -0.25) is 0 Å². The molecule has 2 unspecified atom stereocenters. The summed E-state index contributed by atoms with van der Waals surface area (Å²) in [7, 11) is 0. The Morgan fingerprint density at radius 3 is 2.27 bits per heavy atom. The van der Waals surface area contributed by atoms with Gasteiger partial charge in [0.1, 0.15) is 0 Å². The predicted molar refractivity (Wildman–Crippen MR) is 57.5 cm³/mol. The van der Waals surface area contributed by atoms with Crippen LogP contribution in [0.3, 0.4) is 0 Å². The summed E-state index contributed by atoms with van der Waals surface area (Å²) in [5.41, 5.74) is 0.399. The van der Waals surface area contributed by atoms with Crippen LogP contribution in [-0.2, 0) is 10.3 Å². The number of hydrogen-bond donors (Lipinski definition) is 1. The second-order valence-electron chi connectivity index (χ2n) is 4.76. The van der Waals surface area contributed by atoms with Crippen molar-refractivity contribution >= 4 is 0 Å². The summed E-state index contributed by atoms with van der Waals surface area (Å²) >= 11 is 0. The summed E-state index contributed by atoms with van der Waals surface area (Å²) < 4.78 is 5.75. The van der Waals surface area contributed by atoms with Crippen molar-refractivity contribution in [3.8, 4) is 0 Å². The van der Waals surface area contributed by atoms with Crippen LogP contribution in [-0.4, -0.2) is 17.3 Å². The molecular formula is C13H16O2. The van der Waals surface area contributed by atoms with Gasteiger partial charge in [0.25, 0.3) is 0 Å². The molecule has 2 saturated heterocycles. The first-order valence-electron chi connectivity index (χ1n) is 5.70. The standard InChI is InChI=1S/C13H16O2/c14-13(10-4-2-1-3-5-10)8-11-6-7-12(9-13)15-11/h1-5,11-12,14H,6-9H2. The van der Waals surface area contributed by atoms with E-state index in [1.165, 1.54) is 0 Å². The highest BCUT2D eigenvalue weighted by Gasteiger charge is 2.44. The monoisotopic (exact) mass is 204 g/mol. The Kier molecular flexibility index (Phi) is 2.08. The maximum Gasteiger partial charge on any atom is 0.0945 e. The molecule has 2 nitrogen and oxygen atoms in total. The Hall–Kier alpha value is -0.860. The molecule has 2 heteroatoms. The number of hydrogen-bond acceptors (Lipinski definition) is 2. The largest absolute Gasteiger partial charge is 0.385 e. The van der Waals surface area contributed by atoms with Crippen LogP contribution in [0.25, 0.3) is 0 Å². The zero-order chi connectivity index (χ0) is 10.3. The normalized spacial score (nSPS) is 39.3. The molecule has 1 N–H and O–H groups in total. The third kappa shape index (κ3) is 1.58. The van der Waals surface area contributed by atoms with Crippen molar-refractivity contribution in [2.24, 2.45) is 0 Å². The van der Waals surface area contributed by atoms with Gasteiger partial charge in [-0.05, 0) is 18.4 Å². The summed E-state index contributed by atoms with van der Waals surface area (Å²) in [4.78, 5) is 0. The minimum atomic E-state index is -0.647. The lowest BCUT2D eigenvalue weighted by molar-refractivity contribution is -0.115. The number of benzene rings is 1. The number of aliphatic hydroxyl groups is 1. The molecule has 3 rings (SSSR count). The van der Waals surface area contributed by atoms with Crippen LogP contribution >= 0.6 is 0 Å². The Bertz CT molecular complexity index is 335. The van der Waals surface area contributed by atoms with E-state index in [9.17, 15) is 5.11 Å². The Morgan fingerprint density at radius 1 is 1.07 bits per heavy atom. The summed E-state index contributed by atoms with van der Waals surface area (Å²) in [6.07, 6.45) is 4.28. The number of rotatable bonds is 1. The van der Waals surface area contributed by atoms with E-state index in [0.29, 0.717) is 0 Å². The second-order valence-corrected chi connectivity index (χ2v) is 4.76. The molecule has 1 aromatic carbocycles. The third-order valence-electron chi connectivity index (χ3n) is 3.64. The predicted octanol–water partition coefficient (Wildman–Crippen LogP) is 2.22. The van der Waals surface area contributed by atoms with Crippen molar-refractivity contribution in [2.45, 2.75) is 43.5 Å². The molecule has 0 aliphatic carbocycles. The van der Waals surface area contributed by atoms with E-state index >= 15 is 0 Å². The van der Waals surface area contributed by atoms with Gasteiger partial charge in [0.2, 0.25) is 0 Å². The van der Waals surface area contributed by atoms with Crippen molar-refractivity contribution in [2.75, 3.05) is 0 Å². The molecule has 0 saturated carbocycles. The smallest absolute Gasteiger partial charge is 0.0945 e. The molecule has 80 valence electrons. The van der Waals surface area contributed by atoms with Gasteiger partial charge < -0.3 is 9.84 Å². The first kappa shape index (κ1) is 9.37. The Labute approximate surface area is 89.9 Å². The SMILES string of the molecule is OC1(c2ccccc2)CC2CCC(C1)O2. The molecule has 15 heavy (non-hydrogen) atoms. The van der Waals surface area contributed by atoms with Gasteiger partial charge in [0, 0.05) is 12.8 Å². The fourth-order valence-electron chi connectivity index (χ4n) is 2.90. The summed E-state index contributed by atoms with van der Waals surface area (Å²) in [6, 6.07) is 10.0. The van der Waals surface area contributed by atoms with Gasteiger partial charge in [-0.1, -0.05) is 30.3 Å². The van der Waals surface area contributed by atoms with Gasteiger partial charge in [-0.2, -0.15) is 0 Å². The zero-order valence-corrected chi connectivity index (χ0v) is 8.73. The molecule has 2 aliphatic heterocycles. The van der Waals surface area contributed by atoms with Gasteiger partial charge in [0.05, 0.1) is 17.8 Å². The molecule has 0 aromatic heterocycles. The van der Waals surface area contributed by atoms with Crippen LogP contribution in [0.1, 0.15) is 31.2 Å². The minimum Gasteiger partial charge on any atom is -0.385 e. The van der Waals surface area contributed by atoms with Crippen LogP contribution in [0.4, 0.5) is 0 Å². The maximum atomic E-state index is 10.6. The fourth-order valence-corrected chi connectivity index (χ4v) is 2.90. The first-order chi connectivity index (χ1) is 7.26. The van der Waals surface area contributed by atoms with Gasteiger partial charge in [0.15, 0.2) is 0 Å². The highest BCUT2D eigenvalue weighted by atomic mass is 16.5. The second kappa shape index (κ2) is 3.32. The van der Waals surface area contributed by atoms with Crippen molar-refractivity contribution in [3.63, 3.8) is 0 Å². The highest BCUT2D eigenvalue weighted by molar-refractivity contribution is 5.23. The van der Waals surface area contributed by atoms with E-state index in [1.807, 2.05) is 30.3 Å². The minimum absolute atomic E-state index is 0.272. The summed E-state index contributed by atoms with van der Waals surface area (Å²) in [6.45, 7) is 0. The van der Waals surface area contributed by atoms with E-state index in [4.69, 9.17) is 4.74 Å². The Morgan fingerprint density at radius 2 is 1.67 bits per heavy atom. The van der Waals surface area contributed by atoms with Crippen LogP contribution in [0.2, 0.25) is 0 Å². The Balaban J connectivity index is 1.91. The van der Waals surface area contributed by atoms with Crippen LogP contribution in [0.15, 0.2) is 30.3 Å². The lowest BCUT2D eigenvalue weighted by Crippen LogP contribution is -2.38. The number of ether oxygens (including phenoxy) is 1. The summed E-state index contributed by atoms with van der Waals surface area (Å²) in [5, 5.41) is 10.6. The van der Waals surface area contributed by atoms with Gasteiger partial charge >= 0.3 is 0 Å². The van der Waals surface area contributed by atoms with E-state index in [-0.39, 0.29) is 12.2 Å². The van der Waals surface area contributed by atoms with E-state index in [2.05, 4.69) is 0 Å². The number of fused-ring (bicyclic) bond motifs is 2. The van der Waals surface area contributed by atoms with Crippen LogP contribution in [0, 0.1) is 0 Å². The lowest BCUT2D eigenvalue weighted by Gasteiger charge is -2.36. The van der Waals surface area contributed by atoms with Gasteiger partial charge in [-0.15, -0.1) is 0 Å². The quantitative estimate of drug-likeness (QED) is 0.760. The molecule has 2 fully saturated rings. The molecule has 1 aromatic rings. The van der Waals surface area contributed by atoms with E-state index in [0.717, 1.165) is 31.2 Å². The van der Waals surface area contributed by atoms with E-state index < -0.39 is 5.60 Å². The van der Waals surface area contributed by atoms with E-state index in [1.54, 1.807) is 0 Å². The molecule has 2 heterocycles. The first-order valence-corrected chi connectivity index (χ1v) is 5.70. The highest BCUT2D eigenvalue weighted by Crippen LogP contribution is 2.43. The molecule has 2 bridgehead atoms. The van der Waals surface area contributed by atoms with Crippen LogP contribution < -0.4 is 0 Å².